The van der Waals surface area contributed by atoms with Crippen LogP contribution in [0.25, 0.3) is 0 Å². The first-order chi connectivity index (χ1) is 10.2. The van der Waals surface area contributed by atoms with E-state index in [2.05, 4.69) is 35.1 Å². The van der Waals surface area contributed by atoms with Crippen LogP contribution in [0.4, 0.5) is 4.39 Å². The number of halogens is 2. The zero-order chi connectivity index (χ0) is 15.2. The standard InChI is InChI=1S/C18H27BrFN/c1-3-13-8-10-14(11-9-13)17(21-4-2)12-15-6-5-7-16(20)18(15)19/h5-7,13-14,17,21H,3-4,8-12H2,1-2H3. The molecule has 0 spiro atoms. The van der Waals surface area contributed by atoms with Gasteiger partial charge >= 0.3 is 0 Å². The Morgan fingerprint density at radius 3 is 2.57 bits per heavy atom. The number of benzene rings is 1. The molecule has 0 heterocycles. The summed E-state index contributed by atoms with van der Waals surface area (Å²) in [4.78, 5) is 0. The molecule has 1 aliphatic rings. The molecule has 1 saturated carbocycles. The Kier molecular flexibility index (Phi) is 6.69. The number of nitrogens with one attached hydrogen (secondary N) is 1. The van der Waals surface area contributed by atoms with E-state index in [1.54, 1.807) is 0 Å². The molecule has 0 amide bonds. The van der Waals surface area contributed by atoms with Crippen LogP contribution in [-0.4, -0.2) is 12.6 Å². The van der Waals surface area contributed by atoms with E-state index in [9.17, 15) is 4.39 Å². The van der Waals surface area contributed by atoms with E-state index >= 15 is 0 Å². The first-order valence-electron chi connectivity index (χ1n) is 8.31. The quantitative estimate of drug-likeness (QED) is 0.727. The van der Waals surface area contributed by atoms with Crippen molar-refractivity contribution in [2.45, 2.75) is 58.4 Å². The Bertz CT molecular complexity index is 441. The fraction of sp³-hybridized carbons (Fsp3) is 0.667. The lowest BCUT2D eigenvalue weighted by molar-refractivity contribution is 0.217. The Hall–Kier alpha value is -0.410. The summed E-state index contributed by atoms with van der Waals surface area (Å²) in [6.45, 7) is 5.44. The monoisotopic (exact) mass is 355 g/mol. The first kappa shape index (κ1) is 17.0. The van der Waals surface area contributed by atoms with Gasteiger partial charge in [0.25, 0.3) is 0 Å². The number of likely N-dealkylation sites (N-methyl/N-ethyl adjacent to an activating group) is 1. The molecule has 0 saturated heterocycles. The number of hydrogen-bond donors (Lipinski definition) is 1. The molecule has 21 heavy (non-hydrogen) atoms. The number of rotatable bonds is 6. The third-order valence-electron chi connectivity index (χ3n) is 4.98. The van der Waals surface area contributed by atoms with Gasteiger partial charge in [0, 0.05) is 6.04 Å². The summed E-state index contributed by atoms with van der Waals surface area (Å²) in [5, 5.41) is 3.64. The minimum absolute atomic E-state index is 0.155. The van der Waals surface area contributed by atoms with Crippen molar-refractivity contribution in [3.05, 3.63) is 34.1 Å². The second-order valence-corrected chi connectivity index (χ2v) is 7.06. The molecule has 1 aromatic carbocycles. The van der Waals surface area contributed by atoms with E-state index in [0.717, 1.165) is 30.4 Å². The predicted octanol–water partition coefficient (Wildman–Crippen LogP) is 5.33. The van der Waals surface area contributed by atoms with Crippen molar-refractivity contribution in [1.29, 1.82) is 0 Å². The highest BCUT2D eigenvalue weighted by Gasteiger charge is 2.27. The highest BCUT2D eigenvalue weighted by atomic mass is 79.9. The smallest absolute Gasteiger partial charge is 0.137 e. The summed E-state index contributed by atoms with van der Waals surface area (Å²) >= 11 is 3.40. The van der Waals surface area contributed by atoms with E-state index < -0.39 is 0 Å². The Labute approximate surface area is 136 Å². The summed E-state index contributed by atoms with van der Waals surface area (Å²) < 4.78 is 14.3. The van der Waals surface area contributed by atoms with Crippen LogP contribution in [0.2, 0.25) is 0 Å². The van der Waals surface area contributed by atoms with Gasteiger partial charge in [0.05, 0.1) is 4.47 Å². The molecule has 1 unspecified atom stereocenters. The zero-order valence-corrected chi connectivity index (χ0v) is 14.8. The lowest BCUT2D eigenvalue weighted by Gasteiger charge is -2.34. The van der Waals surface area contributed by atoms with Gasteiger partial charge in [0.15, 0.2) is 0 Å². The van der Waals surface area contributed by atoms with Gasteiger partial charge in [0.1, 0.15) is 5.82 Å². The third kappa shape index (κ3) is 4.53. The van der Waals surface area contributed by atoms with Crippen LogP contribution in [-0.2, 0) is 6.42 Å². The minimum atomic E-state index is -0.155. The maximum absolute atomic E-state index is 13.7. The fourth-order valence-electron chi connectivity index (χ4n) is 3.61. The predicted molar refractivity (Wildman–Crippen MR) is 91.0 cm³/mol. The zero-order valence-electron chi connectivity index (χ0n) is 13.2. The maximum atomic E-state index is 13.7. The van der Waals surface area contributed by atoms with Crippen molar-refractivity contribution in [3.63, 3.8) is 0 Å². The van der Waals surface area contributed by atoms with Crippen molar-refractivity contribution in [2.75, 3.05) is 6.54 Å². The molecular formula is C18H27BrFN. The molecule has 3 heteroatoms. The van der Waals surface area contributed by atoms with E-state index in [1.807, 2.05) is 12.1 Å². The molecule has 118 valence electrons. The van der Waals surface area contributed by atoms with Crippen LogP contribution >= 0.6 is 15.9 Å². The van der Waals surface area contributed by atoms with E-state index in [4.69, 9.17) is 0 Å². The topological polar surface area (TPSA) is 12.0 Å². The average Bonchev–Trinajstić information content (AvgIpc) is 2.51. The second-order valence-electron chi connectivity index (χ2n) is 6.27. The Morgan fingerprint density at radius 1 is 1.24 bits per heavy atom. The number of hydrogen-bond acceptors (Lipinski definition) is 1. The fourth-order valence-corrected chi connectivity index (χ4v) is 4.04. The van der Waals surface area contributed by atoms with Crippen LogP contribution < -0.4 is 5.32 Å². The van der Waals surface area contributed by atoms with Crippen LogP contribution in [0.15, 0.2) is 22.7 Å². The molecule has 0 aromatic heterocycles. The minimum Gasteiger partial charge on any atom is -0.314 e. The van der Waals surface area contributed by atoms with Gasteiger partial charge in [-0.1, -0.05) is 45.2 Å². The molecule has 1 nitrogen and oxygen atoms in total. The Morgan fingerprint density at radius 2 is 1.95 bits per heavy atom. The van der Waals surface area contributed by atoms with Gasteiger partial charge in [-0.2, -0.15) is 0 Å². The summed E-state index contributed by atoms with van der Waals surface area (Å²) in [6.07, 6.45) is 7.55. The van der Waals surface area contributed by atoms with Gasteiger partial charge in [0.2, 0.25) is 0 Å². The van der Waals surface area contributed by atoms with E-state index in [0.29, 0.717) is 10.5 Å². The second kappa shape index (κ2) is 8.28. The Balaban J connectivity index is 2.04. The van der Waals surface area contributed by atoms with Gasteiger partial charge in [-0.15, -0.1) is 0 Å². The van der Waals surface area contributed by atoms with Crippen LogP contribution in [0.3, 0.4) is 0 Å². The molecule has 0 aliphatic heterocycles. The molecule has 1 aromatic rings. The molecule has 0 bridgehead atoms. The normalized spacial score (nSPS) is 24.0. The van der Waals surface area contributed by atoms with Crippen molar-refractivity contribution in [2.24, 2.45) is 11.8 Å². The van der Waals surface area contributed by atoms with Gasteiger partial charge in [-0.3, -0.25) is 0 Å². The SMILES string of the molecule is CCNC(Cc1cccc(F)c1Br)C1CCC(CC)CC1. The summed E-state index contributed by atoms with van der Waals surface area (Å²) in [7, 11) is 0. The lowest BCUT2D eigenvalue weighted by atomic mass is 9.76. The van der Waals surface area contributed by atoms with Crippen molar-refractivity contribution in [1.82, 2.24) is 5.32 Å². The first-order valence-corrected chi connectivity index (χ1v) is 9.11. The van der Waals surface area contributed by atoms with Crippen LogP contribution in [0.1, 0.15) is 51.5 Å². The highest BCUT2D eigenvalue weighted by Crippen LogP contribution is 2.34. The summed E-state index contributed by atoms with van der Waals surface area (Å²) in [5.74, 6) is 1.49. The molecule has 1 N–H and O–H groups in total. The van der Waals surface area contributed by atoms with E-state index in [-0.39, 0.29) is 5.82 Å². The average molecular weight is 356 g/mol. The van der Waals surface area contributed by atoms with Crippen molar-refractivity contribution >= 4 is 15.9 Å². The molecule has 0 radical (unpaired) electrons. The molecule has 1 fully saturated rings. The molecule has 2 rings (SSSR count). The molecule has 1 atom stereocenters. The van der Waals surface area contributed by atoms with Crippen molar-refractivity contribution < 1.29 is 4.39 Å². The van der Waals surface area contributed by atoms with Gasteiger partial charge in [-0.05, 0) is 65.2 Å². The largest absolute Gasteiger partial charge is 0.314 e. The van der Waals surface area contributed by atoms with E-state index in [1.165, 1.54) is 38.2 Å². The summed E-state index contributed by atoms with van der Waals surface area (Å²) in [5.41, 5.74) is 1.08. The molecular weight excluding hydrogens is 329 g/mol. The summed E-state index contributed by atoms with van der Waals surface area (Å²) in [6, 6.07) is 5.83. The van der Waals surface area contributed by atoms with Crippen molar-refractivity contribution in [3.8, 4) is 0 Å². The lowest BCUT2D eigenvalue weighted by Crippen LogP contribution is -2.39. The highest BCUT2D eigenvalue weighted by molar-refractivity contribution is 9.10. The van der Waals surface area contributed by atoms with Crippen LogP contribution in [0.5, 0.6) is 0 Å². The third-order valence-corrected chi connectivity index (χ3v) is 5.86. The maximum Gasteiger partial charge on any atom is 0.137 e. The van der Waals surface area contributed by atoms with Gasteiger partial charge < -0.3 is 5.32 Å². The molecule has 1 aliphatic carbocycles. The van der Waals surface area contributed by atoms with Gasteiger partial charge in [-0.25, -0.2) is 4.39 Å². The van der Waals surface area contributed by atoms with Crippen LogP contribution in [0, 0.1) is 17.7 Å².